The third-order valence-electron chi connectivity index (χ3n) is 4.05. The van der Waals surface area contributed by atoms with Crippen LogP contribution in [0.3, 0.4) is 0 Å². The summed E-state index contributed by atoms with van der Waals surface area (Å²) in [5.41, 5.74) is 0. The van der Waals surface area contributed by atoms with E-state index in [-0.39, 0.29) is 6.10 Å². The summed E-state index contributed by atoms with van der Waals surface area (Å²) in [6.07, 6.45) is 0.900. The summed E-state index contributed by atoms with van der Waals surface area (Å²) >= 11 is 0. The number of fused-ring (bicyclic) bond motifs is 2. The molecule has 1 aliphatic heterocycles. The van der Waals surface area contributed by atoms with Gasteiger partial charge in [0.25, 0.3) is 0 Å². The fourth-order valence-electron chi connectivity index (χ4n) is 2.94. The molecular weight excluding hydrogens is 152 g/mol. The van der Waals surface area contributed by atoms with E-state index < -0.39 is 6.29 Å². The van der Waals surface area contributed by atoms with Crippen LogP contribution in [0.1, 0.15) is 27.2 Å². The molecule has 6 unspecified atom stereocenters. The highest BCUT2D eigenvalue weighted by Crippen LogP contribution is 2.48. The average molecular weight is 170 g/mol. The molecule has 0 amide bonds. The van der Waals surface area contributed by atoms with Crippen molar-refractivity contribution in [3.63, 3.8) is 0 Å². The zero-order chi connectivity index (χ0) is 8.88. The van der Waals surface area contributed by atoms with Gasteiger partial charge in [-0.15, -0.1) is 0 Å². The Morgan fingerprint density at radius 3 is 2.33 bits per heavy atom. The molecule has 0 aromatic carbocycles. The quantitative estimate of drug-likeness (QED) is 0.598. The SMILES string of the molecule is CC1OC(O)C2CC1C(C)C2C. The highest BCUT2D eigenvalue weighted by Gasteiger charge is 2.48. The molecule has 0 radical (unpaired) electrons. The van der Waals surface area contributed by atoms with E-state index in [0.717, 1.165) is 6.42 Å². The van der Waals surface area contributed by atoms with E-state index in [1.165, 1.54) is 0 Å². The summed E-state index contributed by atoms with van der Waals surface area (Å²) in [5.74, 6) is 2.40. The fourth-order valence-corrected chi connectivity index (χ4v) is 2.94. The first-order valence-corrected chi connectivity index (χ1v) is 4.94. The number of aliphatic hydroxyl groups excluding tert-OH is 1. The van der Waals surface area contributed by atoms with E-state index in [2.05, 4.69) is 20.8 Å². The number of hydrogen-bond acceptors (Lipinski definition) is 2. The van der Waals surface area contributed by atoms with Crippen LogP contribution in [0, 0.1) is 23.7 Å². The van der Waals surface area contributed by atoms with Crippen LogP contribution in [0.2, 0.25) is 0 Å². The maximum atomic E-state index is 9.63. The Labute approximate surface area is 73.9 Å². The summed E-state index contributed by atoms with van der Waals surface area (Å²) in [4.78, 5) is 0. The predicted octanol–water partition coefficient (Wildman–Crippen LogP) is 1.63. The minimum Gasteiger partial charge on any atom is -0.368 e. The van der Waals surface area contributed by atoms with Gasteiger partial charge in [0, 0.05) is 5.92 Å². The average Bonchev–Trinajstić information content (AvgIpc) is 2.26. The Hall–Kier alpha value is -0.0800. The van der Waals surface area contributed by atoms with Crippen molar-refractivity contribution in [3.05, 3.63) is 0 Å². The molecule has 0 spiro atoms. The van der Waals surface area contributed by atoms with Crippen molar-refractivity contribution >= 4 is 0 Å². The highest BCUT2D eigenvalue weighted by atomic mass is 16.6. The zero-order valence-corrected chi connectivity index (χ0v) is 8.03. The number of ether oxygens (including phenoxy) is 1. The largest absolute Gasteiger partial charge is 0.368 e. The molecule has 12 heavy (non-hydrogen) atoms. The normalized spacial score (nSPS) is 59.0. The zero-order valence-electron chi connectivity index (χ0n) is 8.03. The molecular formula is C10H18O2. The van der Waals surface area contributed by atoms with Gasteiger partial charge in [0.2, 0.25) is 0 Å². The van der Waals surface area contributed by atoms with Crippen molar-refractivity contribution in [1.29, 1.82) is 0 Å². The van der Waals surface area contributed by atoms with Crippen molar-refractivity contribution in [3.8, 4) is 0 Å². The van der Waals surface area contributed by atoms with E-state index in [9.17, 15) is 5.11 Å². The summed E-state index contributed by atoms with van der Waals surface area (Å²) in [6, 6.07) is 0. The second kappa shape index (κ2) is 2.71. The standard InChI is InChI=1S/C10H18O2/c1-5-6(2)9-4-8(5)7(3)12-10(9)11/h5-11H,4H2,1-3H3. The first-order chi connectivity index (χ1) is 5.61. The lowest BCUT2D eigenvalue weighted by molar-refractivity contribution is -0.194. The summed E-state index contributed by atoms with van der Waals surface area (Å²) in [5, 5.41) is 9.63. The fraction of sp³-hybridized carbons (Fsp3) is 1.00. The third kappa shape index (κ3) is 1.01. The Morgan fingerprint density at radius 2 is 1.67 bits per heavy atom. The van der Waals surface area contributed by atoms with Crippen LogP contribution in [0.4, 0.5) is 0 Å². The first-order valence-electron chi connectivity index (χ1n) is 4.94. The maximum Gasteiger partial charge on any atom is 0.157 e. The Balaban J connectivity index is 2.20. The van der Waals surface area contributed by atoms with Crippen molar-refractivity contribution in [1.82, 2.24) is 0 Å². The second-order valence-electron chi connectivity index (χ2n) is 4.51. The van der Waals surface area contributed by atoms with E-state index in [1.807, 2.05) is 0 Å². The third-order valence-corrected chi connectivity index (χ3v) is 4.05. The topological polar surface area (TPSA) is 29.5 Å². The Kier molecular flexibility index (Phi) is 1.92. The van der Waals surface area contributed by atoms with Gasteiger partial charge in [-0.1, -0.05) is 13.8 Å². The molecule has 1 saturated carbocycles. The molecule has 0 aromatic rings. The van der Waals surface area contributed by atoms with Crippen molar-refractivity contribution in [2.75, 3.05) is 0 Å². The van der Waals surface area contributed by atoms with Gasteiger partial charge in [-0.25, -0.2) is 0 Å². The molecule has 2 bridgehead atoms. The van der Waals surface area contributed by atoms with Gasteiger partial charge in [-0.2, -0.15) is 0 Å². The summed E-state index contributed by atoms with van der Waals surface area (Å²) in [7, 11) is 0. The molecule has 1 saturated heterocycles. The first kappa shape index (κ1) is 8.52. The van der Waals surface area contributed by atoms with Gasteiger partial charge >= 0.3 is 0 Å². The van der Waals surface area contributed by atoms with Gasteiger partial charge < -0.3 is 9.84 Å². The predicted molar refractivity (Wildman–Crippen MR) is 46.5 cm³/mol. The molecule has 70 valence electrons. The molecule has 1 aliphatic carbocycles. The van der Waals surface area contributed by atoms with Gasteiger partial charge in [0.15, 0.2) is 6.29 Å². The van der Waals surface area contributed by atoms with Gasteiger partial charge in [0.05, 0.1) is 6.10 Å². The maximum absolute atomic E-state index is 9.63. The van der Waals surface area contributed by atoms with Crippen molar-refractivity contribution in [2.24, 2.45) is 23.7 Å². The Bertz CT molecular complexity index is 163. The van der Waals surface area contributed by atoms with Crippen LogP contribution >= 0.6 is 0 Å². The van der Waals surface area contributed by atoms with Gasteiger partial charge in [-0.3, -0.25) is 0 Å². The lowest BCUT2D eigenvalue weighted by atomic mass is 9.89. The molecule has 2 aliphatic rings. The molecule has 1 N–H and O–H groups in total. The van der Waals surface area contributed by atoms with Crippen LogP contribution in [0.5, 0.6) is 0 Å². The second-order valence-corrected chi connectivity index (χ2v) is 4.51. The van der Waals surface area contributed by atoms with E-state index >= 15 is 0 Å². The monoisotopic (exact) mass is 170 g/mol. The Morgan fingerprint density at radius 1 is 1.08 bits per heavy atom. The minimum atomic E-state index is -0.504. The lowest BCUT2D eigenvalue weighted by Crippen LogP contribution is -2.35. The molecule has 2 rings (SSSR count). The van der Waals surface area contributed by atoms with E-state index in [4.69, 9.17) is 4.74 Å². The molecule has 2 fully saturated rings. The van der Waals surface area contributed by atoms with Crippen LogP contribution in [0.15, 0.2) is 0 Å². The summed E-state index contributed by atoms with van der Waals surface area (Å²) in [6.45, 7) is 6.60. The van der Waals surface area contributed by atoms with Crippen LogP contribution in [-0.2, 0) is 4.74 Å². The van der Waals surface area contributed by atoms with Crippen LogP contribution in [-0.4, -0.2) is 17.5 Å². The highest BCUT2D eigenvalue weighted by molar-refractivity contribution is 4.93. The van der Waals surface area contributed by atoms with Crippen molar-refractivity contribution in [2.45, 2.75) is 39.6 Å². The van der Waals surface area contributed by atoms with Crippen molar-refractivity contribution < 1.29 is 9.84 Å². The summed E-state index contributed by atoms with van der Waals surface area (Å²) < 4.78 is 5.47. The number of hydrogen-bond donors (Lipinski definition) is 1. The smallest absolute Gasteiger partial charge is 0.157 e. The van der Waals surface area contributed by atoms with E-state index in [0.29, 0.717) is 23.7 Å². The van der Waals surface area contributed by atoms with Gasteiger partial charge in [0.1, 0.15) is 0 Å². The molecule has 2 nitrogen and oxygen atoms in total. The molecule has 6 atom stereocenters. The molecule has 1 heterocycles. The van der Waals surface area contributed by atoms with Crippen LogP contribution in [0.25, 0.3) is 0 Å². The van der Waals surface area contributed by atoms with Crippen LogP contribution < -0.4 is 0 Å². The lowest BCUT2D eigenvalue weighted by Gasteiger charge is -2.31. The van der Waals surface area contributed by atoms with E-state index in [1.54, 1.807) is 0 Å². The molecule has 0 aromatic heterocycles. The number of aliphatic hydroxyl groups is 1. The number of rotatable bonds is 0. The molecule has 2 heteroatoms. The van der Waals surface area contributed by atoms with Gasteiger partial charge in [-0.05, 0) is 31.1 Å². The minimum absolute atomic E-state index is 0.246.